The standard InChI is InChI=1S/C14H19N5O4/c1-3-10-11(12(17-23-10)9-5-4-6-22-7-9)13(20)16-19-8-15-18(2)14(19)21/h8-9H,3-7H2,1-2H3,(H,16,20). The molecule has 3 rings (SSSR count). The zero-order chi connectivity index (χ0) is 16.4. The van der Waals surface area contributed by atoms with Gasteiger partial charge >= 0.3 is 5.69 Å². The first kappa shape index (κ1) is 15.5. The van der Waals surface area contributed by atoms with Crippen molar-refractivity contribution < 1.29 is 14.1 Å². The van der Waals surface area contributed by atoms with E-state index in [2.05, 4.69) is 15.7 Å². The Morgan fingerprint density at radius 3 is 2.96 bits per heavy atom. The fourth-order valence-corrected chi connectivity index (χ4v) is 2.68. The summed E-state index contributed by atoms with van der Waals surface area (Å²) in [6, 6.07) is 0. The first-order chi connectivity index (χ1) is 11.1. The number of ether oxygens (including phenoxy) is 1. The van der Waals surface area contributed by atoms with E-state index in [1.807, 2.05) is 6.92 Å². The number of nitrogens with zero attached hydrogens (tertiary/aromatic N) is 4. The van der Waals surface area contributed by atoms with Crippen LogP contribution in [0.5, 0.6) is 0 Å². The lowest BCUT2D eigenvalue weighted by molar-refractivity contribution is 0.0778. The van der Waals surface area contributed by atoms with E-state index in [4.69, 9.17) is 9.26 Å². The second kappa shape index (κ2) is 6.37. The highest BCUT2D eigenvalue weighted by atomic mass is 16.5. The Bertz CT molecular complexity index is 754. The molecule has 0 aliphatic carbocycles. The zero-order valence-corrected chi connectivity index (χ0v) is 13.1. The summed E-state index contributed by atoms with van der Waals surface area (Å²) in [6.07, 6.45) is 3.60. The number of hydrogen-bond acceptors (Lipinski definition) is 6. The average molecular weight is 321 g/mol. The van der Waals surface area contributed by atoms with E-state index < -0.39 is 11.6 Å². The van der Waals surface area contributed by atoms with Crippen molar-refractivity contribution in [1.82, 2.24) is 19.6 Å². The molecule has 1 aliphatic rings. The van der Waals surface area contributed by atoms with Crippen LogP contribution in [-0.4, -0.2) is 38.7 Å². The number of carbonyl (C=O) groups excluding carboxylic acids is 1. The van der Waals surface area contributed by atoms with Gasteiger partial charge in [-0.05, 0) is 12.8 Å². The average Bonchev–Trinajstić information content (AvgIpc) is 3.14. The van der Waals surface area contributed by atoms with Gasteiger partial charge in [0, 0.05) is 26.0 Å². The summed E-state index contributed by atoms with van der Waals surface area (Å²) < 4.78 is 13.0. The molecule has 1 amide bonds. The normalized spacial score (nSPS) is 18.1. The number of rotatable bonds is 4. The van der Waals surface area contributed by atoms with Crippen molar-refractivity contribution in [2.75, 3.05) is 18.6 Å². The third-order valence-corrected chi connectivity index (χ3v) is 3.93. The monoisotopic (exact) mass is 321 g/mol. The lowest BCUT2D eigenvalue weighted by atomic mass is 9.94. The summed E-state index contributed by atoms with van der Waals surface area (Å²) in [5.74, 6) is 0.0953. The Morgan fingerprint density at radius 1 is 1.52 bits per heavy atom. The Balaban J connectivity index is 1.90. The summed E-state index contributed by atoms with van der Waals surface area (Å²) >= 11 is 0. The minimum Gasteiger partial charge on any atom is -0.381 e. The molecule has 1 fully saturated rings. The quantitative estimate of drug-likeness (QED) is 0.874. The number of aryl methyl sites for hydroxylation is 2. The van der Waals surface area contributed by atoms with Gasteiger partial charge in [-0.2, -0.15) is 9.77 Å². The van der Waals surface area contributed by atoms with Gasteiger partial charge in [0.05, 0.1) is 6.61 Å². The van der Waals surface area contributed by atoms with Crippen LogP contribution in [0.2, 0.25) is 0 Å². The van der Waals surface area contributed by atoms with Gasteiger partial charge in [-0.3, -0.25) is 10.2 Å². The van der Waals surface area contributed by atoms with E-state index in [1.54, 1.807) is 0 Å². The molecule has 9 nitrogen and oxygen atoms in total. The maximum absolute atomic E-state index is 12.6. The zero-order valence-electron chi connectivity index (χ0n) is 13.1. The third kappa shape index (κ3) is 2.91. The van der Waals surface area contributed by atoms with Crippen LogP contribution in [-0.2, 0) is 18.2 Å². The Labute approximate surface area is 132 Å². The van der Waals surface area contributed by atoms with Gasteiger partial charge in [0.15, 0.2) is 0 Å². The lowest BCUT2D eigenvalue weighted by Gasteiger charge is -2.20. The smallest absolute Gasteiger partial charge is 0.364 e. The molecule has 124 valence electrons. The lowest BCUT2D eigenvalue weighted by Crippen LogP contribution is -2.34. The van der Waals surface area contributed by atoms with Crippen LogP contribution >= 0.6 is 0 Å². The molecule has 23 heavy (non-hydrogen) atoms. The van der Waals surface area contributed by atoms with Crippen LogP contribution in [0.1, 0.15) is 47.5 Å². The minimum absolute atomic E-state index is 0.0270. The first-order valence-electron chi connectivity index (χ1n) is 7.60. The first-order valence-corrected chi connectivity index (χ1v) is 7.60. The van der Waals surface area contributed by atoms with Crippen LogP contribution in [0.15, 0.2) is 15.6 Å². The van der Waals surface area contributed by atoms with Gasteiger partial charge in [0.2, 0.25) is 0 Å². The number of amides is 1. The molecule has 1 N–H and O–H groups in total. The highest BCUT2D eigenvalue weighted by Gasteiger charge is 2.29. The van der Waals surface area contributed by atoms with Crippen LogP contribution in [0.3, 0.4) is 0 Å². The second-order valence-corrected chi connectivity index (χ2v) is 5.48. The summed E-state index contributed by atoms with van der Waals surface area (Å²) in [7, 11) is 1.51. The number of carbonyl (C=O) groups is 1. The molecule has 0 saturated carbocycles. The van der Waals surface area contributed by atoms with E-state index >= 15 is 0 Å². The topological polar surface area (TPSA) is 104 Å². The van der Waals surface area contributed by atoms with Crippen molar-refractivity contribution in [3.63, 3.8) is 0 Å². The maximum Gasteiger partial charge on any atom is 0.364 e. The van der Waals surface area contributed by atoms with E-state index in [-0.39, 0.29) is 5.92 Å². The predicted molar refractivity (Wildman–Crippen MR) is 79.8 cm³/mol. The van der Waals surface area contributed by atoms with Crippen molar-refractivity contribution in [2.24, 2.45) is 7.05 Å². The molecule has 0 spiro atoms. The third-order valence-electron chi connectivity index (χ3n) is 3.93. The molecule has 9 heteroatoms. The molecule has 2 aromatic heterocycles. The van der Waals surface area contributed by atoms with Crippen molar-refractivity contribution in [1.29, 1.82) is 0 Å². The summed E-state index contributed by atoms with van der Waals surface area (Å²) in [5, 5.41) is 7.88. The summed E-state index contributed by atoms with van der Waals surface area (Å²) in [4.78, 5) is 24.4. The van der Waals surface area contributed by atoms with E-state index in [1.165, 1.54) is 13.4 Å². The molecular formula is C14H19N5O4. The van der Waals surface area contributed by atoms with Gasteiger partial charge in [0.1, 0.15) is 23.3 Å². The molecule has 1 aliphatic heterocycles. The van der Waals surface area contributed by atoms with Crippen LogP contribution < -0.4 is 11.1 Å². The van der Waals surface area contributed by atoms with Gasteiger partial charge in [-0.25, -0.2) is 9.48 Å². The fourth-order valence-electron chi connectivity index (χ4n) is 2.68. The van der Waals surface area contributed by atoms with E-state index in [9.17, 15) is 9.59 Å². The second-order valence-electron chi connectivity index (χ2n) is 5.48. The van der Waals surface area contributed by atoms with Gasteiger partial charge < -0.3 is 9.26 Å². The molecule has 2 aromatic rings. The highest BCUT2D eigenvalue weighted by Crippen LogP contribution is 2.29. The van der Waals surface area contributed by atoms with Crippen molar-refractivity contribution in [3.8, 4) is 0 Å². The van der Waals surface area contributed by atoms with Crippen LogP contribution in [0.25, 0.3) is 0 Å². The maximum atomic E-state index is 12.6. The van der Waals surface area contributed by atoms with Crippen LogP contribution in [0.4, 0.5) is 0 Å². The summed E-state index contributed by atoms with van der Waals surface area (Å²) in [6.45, 7) is 3.12. The SMILES string of the molecule is CCc1onc(C2CCCOC2)c1C(=O)Nn1cnn(C)c1=O. The van der Waals surface area contributed by atoms with Crippen molar-refractivity contribution in [2.45, 2.75) is 32.1 Å². The molecule has 1 atom stereocenters. The van der Waals surface area contributed by atoms with Crippen molar-refractivity contribution >= 4 is 5.91 Å². The molecule has 1 saturated heterocycles. The van der Waals surface area contributed by atoms with E-state index in [0.717, 1.165) is 28.8 Å². The molecular weight excluding hydrogens is 302 g/mol. The number of aromatic nitrogens is 4. The van der Waals surface area contributed by atoms with E-state index in [0.29, 0.717) is 30.0 Å². The molecule has 0 aromatic carbocycles. The molecule has 0 radical (unpaired) electrons. The van der Waals surface area contributed by atoms with Gasteiger partial charge in [-0.15, -0.1) is 0 Å². The molecule has 1 unspecified atom stereocenters. The van der Waals surface area contributed by atoms with Crippen molar-refractivity contribution in [3.05, 3.63) is 33.8 Å². The highest BCUT2D eigenvalue weighted by molar-refractivity contribution is 6.01. The number of nitrogens with one attached hydrogen (secondary N) is 1. The van der Waals surface area contributed by atoms with Crippen LogP contribution in [0, 0.1) is 0 Å². The molecule has 3 heterocycles. The number of hydrogen-bond donors (Lipinski definition) is 1. The van der Waals surface area contributed by atoms with Gasteiger partial charge in [0.25, 0.3) is 5.91 Å². The molecule has 0 bridgehead atoms. The van der Waals surface area contributed by atoms with Gasteiger partial charge in [-0.1, -0.05) is 12.1 Å². The largest absolute Gasteiger partial charge is 0.381 e. The summed E-state index contributed by atoms with van der Waals surface area (Å²) in [5.41, 5.74) is 3.08. The Hall–Kier alpha value is -2.42. The Morgan fingerprint density at radius 2 is 2.35 bits per heavy atom. The Kier molecular flexibility index (Phi) is 4.28. The predicted octanol–water partition coefficient (Wildman–Crippen LogP) is 0.410. The minimum atomic E-state index is -0.435. The fraction of sp³-hybridized carbons (Fsp3) is 0.571.